The van der Waals surface area contributed by atoms with Crippen LogP contribution in [0, 0.1) is 0 Å². The predicted molar refractivity (Wildman–Crippen MR) is 108 cm³/mol. The molecule has 2 heterocycles. The van der Waals surface area contributed by atoms with Crippen molar-refractivity contribution in [3.63, 3.8) is 0 Å². The van der Waals surface area contributed by atoms with Gasteiger partial charge in [0, 0.05) is 12.1 Å². The quantitative estimate of drug-likeness (QED) is 0.773. The Morgan fingerprint density at radius 2 is 1.79 bits per heavy atom. The average Bonchev–Trinajstić information content (AvgIpc) is 3.45. The fraction of sp³-hybridized carbons (Fsp3) is 0.409. The molecule has 0 unspecified atom stereocenters. The lowest BCUT2D eigenvalue weighted by Crippen LogP contribution is -2.36. The SMILES string of the molecule is COc1ccc(C(=O)NC[C@@H](c2ccc3c(c2)OCO3)N2CCCC2)cc1OC. The van der Waals surface area contributed by atoms with Gasteiger partial charge in [0.05, 0.1) is 20.3 Å². The summed E-state index contributed by atoms with van der Waals surface area (Å²) >= 11 is 0. The first-order chi connectivity index (χ1) is 14.2. The molecule has 1 atom stereocenters. The highest BCUT2D eigenvalue weighted by Gasteiger charge is 2.26. The van der Waals surface area contributed by atoms with Crippen molar-refractivity contribution in [2.75, 3.05) is 40.6 Å². The van der Waals surface area contributed by atoms with Gasteiger partial charge in [-0.25, -0.2) is 0 Å². The van der Waals surface area contributed by atoms with Crippen molar-refractivity contribution in [3.05, 3.63) is 47.5 Å². The van der Waals surface area contributed by atoms with E-state index in [9.17, 15) is 4.79 Å². The Kier molecular flexibility index (Phi) is 5.76. The molecular weight excluding hydrogens is 372 g/mol. The topological polar surface area (TPSA) is 69.3 Å². The Balaban J connectivity index is 1.50. The van der Waals surface area contributed by atoms with Crippen LogP contribution in [-0.2, 0) is 0 Å². The zero-order chi connectivity index (χ0) is 20.2. The first-order valence-electron chi connectivity index (χ1n) is 9.83. The normalized spacial score (nSPS) is 16.5. The van der Waals surface area contributed by atoms with Crippen LogP contribution in [-0.4, -0.2) is 51.5 Å². The minimum absolute atomic E-state index is 0.0797. The smallest absolute Gasteiger partial charge is 0.251 e. The number of methoxy groups -OCH3 is 2. The molecule has 1 saturated heterocycles. The fourth-order valence-corrected chi connectivity index (χ4v) is 3.90. The van der Waals surface area contributed by atoms with Gasteiger partial charge in [-0.1, -0.05) is 6.07 Å². The van der Waals surface area contributed by atoms with E-state index in [0.29, 0.717) is 23.6 Å². The summed E-state index contributed by atoms with van der Waals surface area (Å²) in [5.41, 5.74) is 1.65. The first kappa shape index (κ1) is 19.4. The molecule has 2 aliphatic heterocycles. The third-order valence-corrected chi connectivity index (χ3v) is 5.46. The van der Waals surface area contributed by atoms with Crippen LogP contribution in [0.25, 0.3) is 0 Å². The molecular formula is C22H26N2O5. The van der Waals surface area contributed by atoms with Gasteiger partial charge in [0.15, 0.2) is 23.0 Å². The molecule has 0 aliphatic carbocycles. The average molecular weight is 398 g/mol. The van der Waals surface area contributed by atoms with Gasteiger partial charge < -0.3 is 24.3 Å². The van der Waals surface area contributed by atoms with E-state index in [-0.39, 0.29) is 18.7 Å². The van der Waals surface area contributed by atoms with Gasteiger partial charge in [0.2, 0.25) is 6.79 Å². The fourth-order valence-electron chi connectivity index (χ4n) is 3.90. The Morgan fingerprint density at radius 3 is 2.55 bits per heavy atom. The predicted octanol–water partition coefficient (Wildman–Crippen LogP) is 3.00. The summed E-state index contributed by atoms with van der Waals surface area (Å²) in [5.74, 6) is 2.52. The third kappa shape index (κ3) is 4.10. The molecule has 1 amide bonds. The number of benzene rings is 2. The van der Waals surface area contributed by atoms with E-state index in [0.717, 1.165) is 30.2 Å². The van der Waals surface area contributed by atoms with Crippen molar-refractivity contribution < 1.29 is 23.7 Å². The van der Waals surface area contributed by atoms with Crippen LogP contribution in [0.2, 0.25) is 0 Å². The molecule has 0 saturated carbocycles. The van der Waals surface area contributed by atoms with Crippen molar-refractivity contribution in [3.8, 4) is 23.0 Å². The summed E-state index contributed by atoms with van der Waals surface area (Å²) in [7, 11) is 3.13. The number of carbonyl (C=O) groups is 1. The molecule has 0 radical (unpaired) electrons. The van der Waals surface area contributed by atoms with Crippen LogP contribution in [0.3, 0.4) is 0 Å². The van der Waals surface area contributed by atoms with Gasteiger partial charge in [-0.2, -0.15) is 0 Å². The van der Waals surface area contributed by atoms with Gasteiger partial charge in [0.25, 0.3) is 5.91 Å². The van der Waals surface area contributed by atoms with Gasteiger partial charge in [-0.05, 0) is 61.8 Å². The van der Waals surface area contributed by atoms with Crippen LogP contribution < -0.4 is 24.3 Å². The van der Waals surface area contributed by atoms with Crippen LogP contribution in [0.5, 0.6) is 23.0 Å². The van der Waals surface area contributed by atoms with E-state index >= 15 is 0 Å². The van der Waals surface area contributed by atoms with Crippen LogP contribution in [0.4, 0.5) is 0 Å². The summed E-state index contributed by atoms with van der Waals surface area (Å²) in [6.45, 7) is 2.80. The van der Waals surface area contributed by atoms with Crippen molar-refractivity contribution in [1.29, 1.82) is 0 Å². The maximum Gasteiger partial charge on any atom is 0.251 e. The van der Waals surface area contributed by atoms with Crippen LogP contribution in [0.15, 0.2) is 36.4 Å². The summed E-state index contributed by atoms with van der Waals surface area (Å²) in [4.78, 5) is 15.2. The Morgan fingerprint density at radius 1 is 1.03 bits per heavy atom. The zero-order valence-corrected chi connectivity index (χ0v) is 16.8. The highest BCUT2D eigenvalue weighted by Crippen LogP contribution is 2.36. The monoisotopic (exact) mass is 398 g/mol. The molecule has 29 heavy (non-hydrogen) atoms. The number of ether oxygens (including phenoxy) is 4. The highest BCUT2D eigenvalue weighted by molar-refractivity contribution is 5.94. The van der Waals surface area contributed by atoms with Crippen molar-refractivity contribution in [2.45, 2.75) is 18.9 Å². The molecule has 2 aromatic rings. The lowest BCUT2D eigenvalue weighted by atomic mass is 10.0. The summed E-state index contributed by atoms with van der Waals surface area (Å²) in [5, 5.41) is 3.08. The molecule has 154 valence electrons. The first-order valence-corrected chi connectivity index (χ1v) is 9.83. The van der Waals surface area contributed by atoms with E-state index in [1.807, 2.05) is 12.1 Å². The molecule has 0 aromatic heterocycles. The summed E-state index contributed by atoms with van der Waals surface area (Å²) in [6, 6.07) is 11.3. The van der Waals surface area contributed by atoms with Crippen LogP contribution in [0.1, 0.15) is 34.8 Å². The second kappa shape index (κ2) is 8.61. The Labute approximate surface area is 170 Å². The number of fused-ring (bicyclic) bond motifs is 1. The van der Waals surface area contributed by atoms with E-state index in [2.05, 4.69) is 16.3 Å². The number of nitrogens with zero attached hydrogens (tertiary/aromatic N) is 1. The van der Waals surface area contributed by atoms with E-state index in [1.165, 1.54) is 12.8 Å². The molecule has 1 N–H and O–H groups in total. The molecule has 2 aromatic carbocycles. The number of rotatable bonds is 7. The standard InChI is InChI=1S/C22H26N2O5/c1-26-18-7-6-16(12-20(18)27-2)22(25)23-13-17(24-9-3-4-10-24)15-5-8-19-21(11-15)29-14-28-19/h5-8,11-12,17H,3-4,9-10,13-14H2,1-2H3,(H,23,25)/t17-/m0/s1. The molecule has 2 aliphatic rings. The Bertz CT molecular complexity index is 880. The maximum atomic E-state index is 12.8. The van der Waals surface area contributed by atoms with Crippen molar-refractivity contribution in [1.82, 2.24) is 10.2 Å². The number of amides is 1. The second-order valence-corrected chi connectivity index (χ2v) is 7.15. The molecule has 1 fully saturated rings. The molecule has 0 bridgehead atoms. The number of likely N-dealkylation sites (tertiary alicyclic amines) is 1. The molecule has 7 nitrogen and oxygen atoms in total. The lowest BCUT2D eigenvalue weighted by molar-refractivity contribution is 0.0937. The van der Waals surface area contributed by atoms with E-state index < -0.39 is 0 Å². The highest BCUT2D eigenvalue weighted by atomic mass is 16.7. The molecule has 0 spiro atoms. The molecule has 7 heteroatoms. The minimum atomic E-state index is -0.143. The third-order valence-electron chi connectivity index (χ3n) is 5.46. The number of carbonyl (C=O) groups excluding carboxylic acids is 1. The van der Waals surface area contributed by atoms with Crippen molar-refractivity contribution in [2.24, 2.45) is 0 Å². The molecule has 4 rings (SSSR count). The minimum Gasteiger partial charge on any atom is -0.493 e. The van der Waals surface area contributed by atoms with Crippen LogP contribution >= 0.6 is 0 Å². The summed E-state index contributed by atoms with van der Waals surface area (Å²) in [6.07, 6.45) is 2.34. The van der Waals surface area contributed by atoms with E-state index in [1.54, 1.807) is 32.4 Å². The lowest BCUT2D eigenvalue weighted by Gasteiger charge is -2.28. The zero-order valence-electron chi connectivity index (χ0n) is 16.8. The van der Waals surface area contributed by atoms with Gasteiger partial charge in [-0.15, -0.1) is 0 Å². The van der Waals surface area contributed by atoms with Gasteiger partial charge in [0.1, 0.15) is 0 Å². The Hall–Kier alpha value is -2.93. The number of hydrogen-bond donors (Lipinski definition) is 1. The maximum absolute atomic E-state index is 12.8. The number of nitrogens with one attached hydrogen (secondary N) is 1. The number of hydrogen-bond acceptors (Lipinski definition) is 6. The van der Waals surface area contributed by atoms with Gasteiger partial charge >= 0.3 is 0 Å². The van der Waals surface area contributed by atoms with Gasteiger partial charge in [-0.3, -0.25) is 9.69 Å². The second-order valence-electron chi connectivity index (χ2n) is 7.15. The van der Waals surface area contributed by atoms with E-state index in [4.69, 9.17) is 18.9 Å². The van der Waals surface area contributed by atoms with Crippen molar-refractivity contribution >= 4 is 5.91 Å². The largest absolute Gasteiger partial charge is 0.493 e. The summed E-state index contributed by atoms with van der Waals surface area (Å²) < 4.78 is 21.5.